The lowest BCUT2D eigenvalue weighted by molar-refractivity contribution is 0.0551. The number of benzene rings is 1. The normalized spacial score (nSPS) is 10.7. The van der Waals surface area contributed by atoms with Crippen molar-refractivity contribution in [1.29, 1.82) is 0 Å². The summed E-state index contributed by atoms with van der Waals surface area (Å²) in [6, 6.07) is 6.36. The number of imide groups is 1. The highest BCUT2D eigenvalue weighted by Crippen LogP contribution is 2.09. The summed E-state index contributed by atoms with van der Waals surface area (Å²) in [6.07, 6.45) is -0.788. The first-order chi connectivity index (χ1) is 8.80. The molecule has 0 bridgehead atoms. The number of carbonyl (C=O) groups excluding carboxylic acids is 2. The van der Waals surface area contributed by atoms with Crippen LogP contribution in [0.2, 0.25) is 0 Å². The first-order valence-electron chi connectivity index (χ1n) is 5.90. The molecule has 19 heavy (non-hydrogen) atoms. The maximum Gasteiger partial charge on any atom is 0.415 e. The van der Waals surface area contributed by atoms with E-state index in [-0.39, 0.29) is 0 Å². The molecule has 0 unspecified atom stereocenters. The van der Waals surface area contributed by atoms with Gasteiger partial charge in [-0.15, -0.1) is 0 Å². The van der Waals surface area contributed by atoms with Crippen molar-refractivity contribution in [2.75, 3.05) is 5.32 Å². The van der Waals surface area contributed by atoms with Crippen molar-refractivity contribution >= 4 is 17.8 Å². The molecule has 4 N–H and O–H groups in total. The van der Waals surface area contributed by atoms with Crippen molar-refractivity contribution < 1.29 is 14.3 Å². The van der Waals surface area contributed by atoms with Crippen LogP contribution in [0.4, 0.5) is 15.3 Å². The Morgan fingerprint density at radius 2 is 1.79 bits per heavy atom. The fraction of sp³-hybridized carbons (Fsp3) is 0.385. The highest BCUT2D eigenvalue weighted by molar-refractivity contribution is 5.98. The van der Waals surface area contributed by atoms with Crippen molar-refractivity contribution in [3.63, 3.8) is 0 Å². The van der Waals surface area contributed by atoms with Crippen LogP contribution in [0, 0.1) is 0 Å². The monoisotopic (exact) mass is 265 g/mol. The molecule has 6 heteroatoms. The highest BCUT2D eigenvalue weighted by Gasteiger charge is 2.17. The number of hydrogen-bond donors (Lipinski definition) is 3. The number of anilines is 1. The highest BCUT2D eigenvalue weighted by atomic mass is 16.6. The minimum atomic E-state index is -0.788. The molecule has 0 aromatic heterocycles. The first-order valence-corrected chi connectivity index (χ1v) is 5.90. The molecule has 0 heterocycles. The Hall–Kier alpha value is -2.08. The second kappa shape index (κ2) is 6.19. The van der Waals surface area contributed by atoms with Crippen LogP contribution in [0.5, 0.6) is 0 Å². The number of ether oxygens (including phenoxy) is 1. The minimum Gasteiger partial charge on any atom is -0.443 e. The molecule has 3 amide bonds. The van der Waals surface area contributed by atoms with Crippen molar-refractivity contribution in [2.45, 2.75) is 32.9 Å². The Bertz CT molecular complexity index is 449. The average Bonchev–Trinajstić information content (AvgIpc) is 2.27. The van der Waals surface area contributed by atoms with E-state index in [4.69, 9.17) is 10.5 Å². The van der Waals surface area contributed by atoms with Crippen molar-refractivity contribution in [3.8, 4) is 0 Å². The van der Waals surface area contributed by atoms with Crippen molar-refractivity contribution in [3.05, 3.63) is 29.8 Å². The molecule has 1 aromatic rings. The van der Waals surface area contributed by atoms with Crippen LogP contribution in [-0.4, -0.2) is 17.7 Å². The zero-order chi connectivity index (χ0) is 14.5. The van der Waals surface area contributed by atoms with Gasteiger partial charge in [-0.3, -0.25) is 0 Å². The van der Waals surface area contributed by atoms with Gasteiger partial charge < -0.3 is 15.8 Å². The van der Waals surface area contributed by atoms with E-state index in [1.807, 2.05) is 0 Å². The molecule has 1 rings (SSSR count). The number of nitrogens with two attached hydrogens (primary N) is 1. The Morgan fingerprint density at radius 3 is 2.26 bits per heavy atom. The Labute approximate surface area is 112 Å². The molecule has 104 valence electrons. The van der Waals surface area contributed by atoms with E-state index in [9.17, 15) is 9.59 Å². The Kier molecular flexibility index (Phi) is 4.88. The van der Waals surface area contributed by atoms with Gasteiger partial charge in [0.05, 0.1) is 0 Å². The molecular weight excluding hydrogens is 246 g/mol. The fourth-order valence-corrected chi connectivity index (χ4v) is 1.28. The summed E-state index contributed by atoms with van der Waals surface area (Å²) >= 11 is 0. The number of nitrogens with one attached hydrogen (secondary N) is 2. The van der Waals surface area contributed by atoms with E-state index in [0.717, 1.165) is 5.56 Å². The van der Waals surface area contributed by atoms with Gasteiger partial charge in [0, 0.05) is 12.2 Å². The molecule has 1 aromatic carbocycles. The second-order valence-electron chi connectivity index (χ2n) is 4.98. The zero-order valence-electron chi connectivity index (χ0n) is 11.3. The molecule has 0 saturated heterocycles. The number of rotatable bonds is 2. The van der Waals surface area contributed by atoms with Crippen LogP contribution in [0.25, 0.3) is 0 Å². The summed E-state index contributed by atoms with van der Waals surface area (Å²) in [6.45, 7) is 5.59. The van der Waals surface area contributed by atoms with Crippen LogP contribution in [0.1, 0.15) is 26.3 Å². The summed E-state index contributed by atoms with van der Waals surface area (Å²) in [5, 5.41) is 4.60. The van der Waals surface area contributed by atoms with Gasteiger partial charge in [0.15, 0.2) is 0 Å². The topological polar surface area (TPSA) is 93.4 Å². The van der Waals surface area contributed by atoms with Gasteiger partial charge in [-0.2, -0.15) is 0 Å². The zero-order valence-corrected chi connectivity index (χ0v) is 11.3. The van der Waals surface area contributed by atoms with Crippen LogP contribution in [0.3, 0.4) is 0 Å². The molecule has 0 atom stereocenters. The number of carbonyl (C=O) groups is 2. The molecule has 0 aliphatic rings. The average molecular weight is 265 g/mol. The van der Waals surface area contributed by atoms with E-state index >= 15 is 0 Å². The van der Waals surface area contributed by atoms with Gasteiger partial charge in [0.2, 0.25) is 0 Å². The Morgan fingerprint density at radius 1 is 1.21 bits per heavy atom. The summed E-state index contributed by atoms with van der Waals surface area (Å²) in [4.78, 5) is 22.9. The predicted molar refractivity (Wildman–Crippen MR) is 72.7 cm³/mol. The first kappa shape index (κ1) is 15.0. The summed E-state index contributed by atoms with van der Waals surface area (Å²) < 4.78 is 4.96. The van der Waals surface area contributed by atoms with Gasteiger partial charge in [0.25, 0.3) is 0 Å². The molecule has 0 aliphatic heterocycles. The van der Waals surface area contributed by atoms with Crippen LogP contribution < -0.4 is 16.4 Å². The molecular formula is C13H19N3O3. The predicted octanol–water partition coefficient (Wildman–Crippen LogP) is 2.20. The smallest absolute Gasteiger partial charge is 0.415 e. The number of alkyl carbamates (subject to hydrolysis) is 1. The SMILES string of the molecule is CC(C)(C)OC(=O)NC(=O)Nc1ccc(CN)cc1. The maximum atomic E-state index is 11.5. The summed E-state index contributed by atoms with van der Waals surface area (Å²) in [5.41, 5.74) is 6.34. The minimum absolute atomic E-state index is 0.435. The standard InChI is InChI=1S/C13H19N3O3/c1-13(2,3)19-12(18)16-11(17)15-10-6-4-9(8-14)5-7-10/h4-7H,8,14H2,1-3H3,(H2,15,16,17,18). The largest absolute Gasteiger partial charge is 0.443 e. The molecule has 6 nitrogen and oxygen atoms in total. The molecule has 0 fully saturated rings. The van der Waals surface area contributed by atoms with E-state index in [0.29, 0.717) is 12.2 Å². The maximum absolute atomic E-state index is 11.5. The van der Waals surface area contributed by atoms with Crippen molar-refractivity contribution in [2.24, 2.45) is 5.73 Å². The number of hydrogen-bond acceptors (Lipinski definition) is 4. The van der Waals surface area contributed by atoms with E-state index in [1.54, 1.807) is 45.0 Å². The van der Waals surface area contributed by atoms with E-state index in [2.05, 4.69) is 10.6 Å². The number of urea groups is 1. The lowest BCUT2D eigenvalue weighted by Gasteiger charge is -2.19. The quantitative estimate of drug-likeness (QED) is 0.764. The van der Waals surface area contributed by atoms with E-state index < -0.39 is 17.7 Å². The molecule has 0 radical (unpaired) electrons. The fourth-order valence-electron chi connectivity index (χ4n) is 1.28. The van der Waals surface area contributed by atoms with Gasteiger partial charge in [-0.05, 0) is 38.5 Å². The summed E-state index contributed by atoms with van der Waals surface area (Å²) in [7, 11) is 0. The molecule has 0 spiro atoms. The van der Waals surface area contributed by atoms with Gasteiger partial charge in [0.1, 0.15) is 5.60 Å². The molecule has 0 saturated carbocycles. The van der Waals surface area contributed by atoms with Crippen LogP contribution in [-0.2, 0) is 11.3 Å². The van der Waals surface area contributed by atoms with E-state index in [1.165, 1.54) is 0 Å². The van der Waals surface area contributed by atoms with Crippen LogP contribution in [0.15, 0.2) is 24.3 Å². The lowest BCUT2D eigenvalue weighted by Crippen LogP contribution is -2.38. The van der Waals surface area contributed by atoms with Crippen molar-refractivity contribution in [1.82, 2.24) is 5.32 Å². The van der Waals surface area contributed by atoms with Crippen LogP contribution >= 0.6 is 0 Å². The van der Waals surface area contributed by atoms with Gasteiger partial charge in [-0.1, -0.05) is 12.1 Å². The third kappa shape index (κ3) is 5.87. The van der Waals surface area contributed by atoms with Gasteiger partial charge >= 0.3 is 12.1 Å². The number of amides is 3. The third-order valence-electron chi connectivity index (χ3n) is 2.06. The second-order valence-corrected chi connectivity index (χ2v) is 4.98. The van der Waals surface area contributed by atoms with Gasteiger partial charge in [-0.25, -0.2) is 14.9 Å². The summed E-state index contributed by atoms with van der Waals surface area (Å²) in [5.74, 6) is 0. The third-order valence-corrected chi connectivity index (χ3v) is 2.06. The Balaban J connectivity index is 2.48. The lowest BCUT2D eigenvalue weighted by atomic mass is 10.2. The molecule has 0 aliphatic carbocycles.